The van der Waals surface area contributed by atoms with Crippen LogP contribution in [0, 0.1) is 0 Å². The molecule has 116 valence electrons. The molecule has 0 aliphatic carbocycles. The number of nitrogens with zero attached hydrogens (tertiary/aromatic N) is 1. The highest BCUT2D eigenvalue weighted by molar-refractivity contribution is 7.89. The van der Waals surface area contributed by atoms with Gasteiger partial charge in [0.1, 0.15) is 4.90 Å². The Balaban J connectivity index is 2.04. The van der Waals surface area contributed by atoms with Crippen molar-refractivity contribution in [1.82, 2.24) is 9.62 Å². The number of amides is 1. The summed E-state index contributed by atoms with van der Waals surface area (Å²) >= 11 is 11.7. The first kappa shape index (κ1) is 16.5. The molecule has 1 aromatic rings. The van der Waals surface area contributed by atoms with Crippen molar-refractivity contribution in [2.24, 2.45) is 0 Å². The van der Waals surface area contributed by atoms with Crippen LogP contribution in [0.1, 0.15) is 19.3 Å². The maximum absolute atomic E-state index is 12.2. The monoisotopic (exact) mass is 350 g/mol. The lowest BCUT2D eigenvalue weighted by Gasteiger charge is -2.26. The molecule has 1 aliphatic rings. The molecule has 0 saturated carbocycles. The van der Waals surface area contributed by atoms with E-state index in [2.05, 4.69) is 4.72 Å². The predicted octanol–water partition coefficient (Wildman–Crippen LogP) is 2.28. The van der Waals surface area contributed by atoms with Crippen molar-refractivity contribution >= 4 is 39.1 Å². The fourth-order valence-electron chi connectivity index (χ4n) is 2.17. The van der Waals surface area contributed by atoms with Crippen LogP contribution in [0.2, 0.25) is 10.0 Å². The average molecular weight is 351 g/mol. The number of benzene rings is 1. The lowest BCUT2D eigenvalue weighted by atomic mass is 10.1. The first-order chi connectivity index (χ1) is 9.90. The molecule has 0 aromatic heterocycles. The number of piperidine rings is 1. The van der Waals surface area contributed by atoms with E-state index in [-0.39, 0.29) is 27.4 Å². The van der Waals surface area contributed by atoms with E-state index in [1.54, 1.807) is 4.90 Å². The fraction of sp³-hybridized carbons (Fsp3) is 0.462. The summed E-state index contributed by atoms with van der Waals surface area (Å²) in [6.07, 6.45) is 3.02. The Morgan fingerprint density at radius 3 is 2.52 bits per heavy atom. The van der Waals surface area contributed by atoms with Crippen LogP contribution in [-0.4, -0.2) is 38.9 Å². The summed E-state index contributed by atoms with van der Waals surface area (Å²) in [5.41, 5.74) is 0. The third-order valence-electron chi connectivity index (χ3n) is 3.30. The zero-order valence-corrected chi connectivity index (χ0v) is 13.6. The van der Waals surface area contributed by atoms with E-state index in [1.807, 2.05) is 0 Å². The number of nitrogens with one attached hydrogen (secondary N) is 1. The minimum absolute atomic E-state index is 0.0670. The molecule has 1 amide bonds. The van der Waals surface area contributed by atoms with Gasteiger partial charge in [-0.2, -0.15) is 0 Å². The predicted molar refractivity (Wildman–Crippen MR) is 82.1 cm³/mol. The average Bonchev–Trinajstić information content (AvgIpc) is 2.48. The largest absolute Gasteiger partial charge is 0.342 e. The standard InChI is InChI=1S/C13H16Cl2N2O3S/c14-10-4-5-11(15)12(8-10)21(19,20)16-9-13(18)17-6-2-1-3-7-17/h4-5,8,16H,1-3,6-7,9H2. The van der Waals surface area contributed by atoms with Crippen molar-refractivity contribution < 1.29 is 13.2 Å². The summed E-state index contributed by atoms with van der Waals surface area (Å²) in [5, 5.41) is 0.333. The van der Waals surface area contributed by atoms with Gasteiger partial charge in [-0.1, -0.05) is 23.2 Å². The molecule has 2 rings (SSSR count). The second kappa shape index (κ2) is 6.96. The van der Waals surface area contributed by atoms with Gasteiger partial charge < -0.3 is 4.90 Å². The molecule has 5 nitrogen and oxygen atoms in total. The van der Waals surface area contributed by atoms with Gasteiger partial charge in [0.25, 0.3) is 0 Å². The SMILES string of the molecule is O=C(CNS(=O)(=O)c1cc(Cl)ccc1Cl)N1CCCCC1. The lowest BCUT2D eigenvalue weighted by molar-refractivity contribution is -0.130. The molecule has 0 bridgehead atoms. The van der Waals surface area contributed by atoms with Crippen molar-refractivity contribution in [2.45, 2.75) is 24.2 Å². The maximum atomic E-state index is 12.2. The second-order valence-electron chi connectivity index (χ2n) is 4.84. The topological polar surface area (TPSA) is 66.5 Å². The van der Waals surface area contributed by atoms with Crippen LogP contribution in [0.5, 0.6) is 0 Å². The highest BCUT2D eigenvalue weighted by Gasteiger charge is 2.22. The zero-order chi connectivity index (χ0) is 15.5. The minimum Gasteiger partial charge on any atom is -0.342 e. The van der Waals surface area contributed by atoms with Crippen molar-refractivity contribution in [3.05, 3.63) is 28.2 Å². The van der Waals surface area contributed by atoms with E-state index in [9.17, 15) is 13.2 Å². The Labute approximate surface area is 134 Å². The Morgan fingerprint density at radius 1 is 1.19 bits per heavy atom. The molecule has 0 spiro atoms. The van der Waals surface area contributed by atoms with Crippen LogP contribution in [-0.2, 0) is 14.8 Å². The summed E-state index contributed by atoms with van der Waals surface area (Å²) < 4.78 is 26.6. The molecule has 1 aromatic carbocycles. The smallest absolute Gasteiger partial charge is 0.242 e. The van der Waals surface area contributed by atoms with E-state index >= 15 is 0 Å². The Bertz CT molecular complexity index is 628. The van der Waals surface area contributed by atoms with E-state index in [0.717, 1.165) is 19.3 Å². The lowest BCUT2D eigenvalue weighted by Crippen LogP contribution is -2.42. The second-order valence-corrected chi connectivity index (χ2v) is 7.42. The molecule has 0 unspecified atom stereocenters. The van der Waals surface area contributed by atoms with Gasteiger partial charge in [-0.25, -0.2) is 13.1 Å². The number of likely N-dealkylation sites (tertiary alicyclic amines) is 1. The Hall–Kier alpha value is -0.820. The normalized spacial score (nSPS) is 16.0. The fourth-order valence-corrected chi connectivity index (χ4v) is 3.91. The van der Waals surface area contributed by atoms with E-state index in [0.29, 0.717) is 13.1 Å². The molecule has 21 heavy (non-hydrogen) atoms. The van der Waals surface area contributed by atoms with Crippen LogP contribution < -0.4 is 4.72 Å². The summed E-state index contributed by atoms with van der Waals surface area (Å²) in [5.74, 6) is -0.226. The van der Waals surface area contributed by atoms with Crippen LogP contribution in [0.15, 0.2) is 23.1 Å². The van der Waals surface area contributed by atoms with Gasteiger partial charge in [-0.3, -0.25) is 4.79 Å². The molecule has 8 heteroatoms. The number of hydrogen-bond donors (Lipinski definition) is 1. The number of rotatable bonds is 4. The third-order valence-corrected chi connectivity index (χ3v) is 5.42. The quantitative estimate of drug-likeness (QED) is 0.905. The number of carbonyl (C=O) groups excluding carboxylic acids is 1. The van der Waals surface area contributed by atoms with Crippen molar-refractivity contribution in [1.29, 1.82) is 0 Å². The summed E-state index contributed by atoms with van der Waals surface area (Å²) in [7, 11) is -3.86. The minimum atomic E-state index is -3.86. The number of hydrogen-bond acceptors (Lipinski definition) is 3. The van der Waals surface area contributed by atoms with E-state index < -0.39 is 10.0 Å². The van der Waals surface area contributed by atoms with Gasteiger partial charge in [0.2, 0.25) is 15.9 Å². The molecular weight excluding hydrogens is 335 g/mol. The van der Waals surface area contributed by atoms with Crippen molar-refractivity contribution in [2.75, 3.05) is 19.6 Å². The molecule has 1 heterocycles. The first-order valence-electron chi connectivity index (χ1n) is 6.62. The first-order valence-corrected chi connectivity index (χ1v) is 8.86. The highest BCUT2D eigenvalue weighted by Crippen LogP contribution is 2.24. The maximum Gasteiger partial charge on any atom is 0.242 e. The van der Waals surface area contributed by atoms with Gasteiger partial charge >= 0.3 is 0 Å². The molecule has 0 radical (unpaired) electrons. The Kier molecular flexibility index (Phi) is 5.48. The van der Waals surface area contributed by atoms with Crippen LogP contribution >= 0.6 is 23.2 Å². The summed E-state index contributed by atoms with van der Waals surface area (Å²) in [6.45, 7) is 1.09. The third kappa shape index (κ3) is 4.32. The van der Waals surface area contributed by atoms with Crippen LogP contribution in [0.25, 0.3) is 0 Å². The van der Waals surface area contributed by atoms with Crippen molar-refractivity contribution in [3.8, 4) is 0 Å². The molecule has 1 fully saturated rings. The molecule has 0 atom stereocenters. The highest BCUT2D eigenvalue weighted by atomic mass is 35.5. The molecular formula is C13H16Cl2N2O3S. The van der Waals surface area contributed by atoms with Gasteiger partial charge in [0.05, 0.1) is 11.6 Å². The van der Waals surface area contributed by atoms with Crippen LogP contribution in [0.4, 0.5) is 0 Å². The number of halogens is 2. The van der Waals surface area contributed by atoms with Crippen molar-refractivity contribution in [3.63, 3.8) is 0 Å². The van der Waals surface area contributed by atoms with E-state index in [1.165, 1.54) is 18.2 Å². The molecule has 1 saturated heterocycles. The van der Waals surface area contributed by atoms with Gasteiger partial charge in [0.15, 0.2) is 0 Å². The van der Waals surface area contributed by atoms with Gasteiger partial charge in [0, 0.05) is 18.1 Å². The van der Waals surface area contributed by atoms with E-state index in [4.69, 9.17) is 23.2 Å². The summed E-state index contributed by atoms with van der Waals surface area (Å²) in [4.78, 5) is 13.5. The Morgan fingerprint density at radius 2 is 1.86 bits per heavy atom. The zero-order valence-electron chi connectivity index (χ0n) is 11.3. The number of sulfonamides is 1. The van der Waals surface area contributed by atoms with Gasteiger partial charge in [-0.15, -0.1) is 0 Å². The molecule has 1 aliphatic heterocycles. The number of carbonyl (C=O) groups is 1. The van der Waals surface area contributed by atoms with Crippen LogP contribution in [0.3, 0.4) is 0 Å². The molecule has 1 N–H and O–H groups in total. The van der Waals surface area contributed by atoms with Gasteiger partial charge in [-0.05, 0) is 37.5 Å². The summed E-state index contributed by atoms with van der Waals surface area (Å²) in [6, 6.07) is 4.17.